The molecule has 2 aromatic rings. The second-order valence-corrected chi connectivity index (χ2v) is 5.27. The molecule has 0 aliphatic carbocycles. The fraction of sp³-hybridized carbons (Fsp3) is 0.278. The average molecular weight is 328 g/mol. The van der Waals surface area contributed by atoms with Crippen molar-refractivity contribution in [3.63, 3.8) is 0 Å². The molecule has 1 amide bonds. The van der Waals surface area contributed by atoms with Crippen LogP contribution in [-0.4, -0.2) is 24.0 Å². The molecule has 126 valence electrons. The van der Waals surface area contributed by atoms with Crippen molar-refractivity contribution < 1.29 is 14.5 Å². The van der Waals surface area contributed by atoms with Crippen molar-refractivity contribution in [3.05, 3.63) is 69.8 Å². The molecule has 0 saturated heterocycles. The molecule has 2 aromatic carbocycles. The summed E-state index contributed by atoms with van der Waals surface area (Å²) in [7, 11) is 0. The highest BCUT2D eigenvalue weighted by molar-refractivity contribution is 5.94. The van der Waals surface area contributed by atoms with Gasteiger partial charge in [0.1, 0.15) is 12.4 Å². The summed E-state index contributed by atoms with van der Waals surface area (Å²) >= 11 is 0. The van der Waals surface area contributed by atoms with Gasteiger partial charge in [-0.2, -0.15) is 0 Å². The maximum atomic E-state index is 12.0. The molecule has 0 spiro atoms. The molecule has 0 aliphatic rings. The molecule has 0 unspecified atom stereocenters. The van der Waals surface area contributed by atoms with E-state index in [9.17, 15) is 14.9 Å². The van der Waals surface area contributed by atoms with Crippen LogP contribution < -0.4 is 10.1 Å². The smallest absolute Gasteiger partial charge is 0.270 e. The molecule has 0 bridgehead atoms. The second kappa shape index (κ2) is 8.67. The number of aryl methyl sites for hydroxylation is 1. The molecule has 6 nitrogen and oxygen atoms in total. The molecule has 6 heteroatoms. The van der Waals surface area contributed by atoms with Gasteiger partial charge >= 0.3 is 0 Å². The van der Waals surface area contributed by atoms with Crippen molar-refractivity contribution in [3.8, 4) is 5.75 Å². The summed E-state index contributed by atoms with van der Waals surface area (Å²) in [5.74, 6) is 0.466. The Morgan fingerprint density at radius 2 is 2.00 bits per heavy atom. The number of hydrogen-bond acceptors (Lipinski definition) is 4. The van der Waals surface area contributed by atoms with E-state index in [0.717, 1.165) is 24.2 Å². The zero-order valence-corrected chi connectivity index (χ0v) is 13.5. The number of para-hydroxylation sites is 1. The van der Waals surface area contributed by atoms with Crippen molar-refractivity contribution in [1.82, 2.24) is 5.32 Å². The Morgan fingerprint density at radius 1 is 1.21 bits per heavy atom. The zero-order chi connectivity index (χ0) is 17.4. The zero-order valence-electron chi connectivity index (χ0n) is 13.5. The Kier molecular flexibility index (Phi) is 6.31. The SMILES string of the molecule is CCCc1ccccc1OCCNC(=O)c1cccc([N+](=O)[O-])c1. The fourth-order valence-corrected chi connectivity index (χ4v) is 2.31. The minimum atomic E-state index is -0.523. The third kappa shape index (κ3) is 4.81. The maximum absolute atomic E-state index is 12.0. The normalized spacial score (nSPS) is 10.2. The van der Waals surface area contributed by atoms with E-state index in [2.05, 4.69) is 12.2 Å². The van der Waals surface area contributed by atoms with Crippen LogP contribution in [0.3, 0.4) is 0 Å². The van der Waals surface area contributed by atoms with E-state index >= 15 is 0 Å². The van der Waals surface area contributed by atoms with Gasteiger partial charge in [0, 0.05) is 17.7 Å². The van der Waals surface area contributed by atoms with Crippen LogP contribution in [0, 0.1) is 10.1 Å². The molecular formula is C18H20N2O4. The number of hydrogen-bond donors (Lipinski definition) is 1. The van der Waals surface area contributed by atoms with Crippen LogP contribution in [0.5, 0.6) is 5.75 Å². The Bertz CT molecular complexity index is 716. The number of carbonyl (C=O) groups is 1. The van der Waals surface area contributed by atoms with Gasteiger partial charge in [0.25, 0.3) is 11.6 Å². The number of carbonyl (C=O) groups excluding carboxylic acids is 1. The third-order valence-electron chi connectivity index (χ3n) is 3.46. The summed E-state index contributed by atoms with van der Waals surface area (Å²) in [6.45, 7) is 2.76. The second-order valence-electron chi connectivity index (χ2n) is 5.27. The summed E-state index contributed by atoms with van der Waals surface area (Å²) in [6, 6.07) is 13.5. The number of rotatable bonds is 8. The minimum Gasteiger partial charge on any atom is -0.491 e. The molecule has 0 aliphatic heterocycles. The summed E-state index contributed by atoms with van der Waals surface area (Å²) in [6.07, 6.45) is 1.97. The Balaban J connectivity index is 1.85. The number of ether oxygens (including phenoxy) is 1. The summed E-state index contributed by atoms with van der Waals surface area (Å²) in [5.41, 5.74) is 1.30. The standard InChI is InChI=1S/C18H20N2O4/c1-2-6-14-7-3-4-10-17(14)24-12-11-19-18(21)15-8-5-9-16(13-15)20(22)23/h3-5,7-10,13H,2,6,11-12H2,1H3,(H,19,21). The van der Waals surface area contributed by atoms with Gasteiger partial charge in [-0.25, -0.2) is 0 Å². The van der Waals surface area contributed by atoms with Gasteiger partial charge in [0.15, 0.2) is 0 Å². The number of nitrogens with zero attached hydrogens (tertiary/aromatic N) is 1. The van der Waals surface area contributed by atoms with Crippen molar-refractivity contribution in [2.45, 2.75) is 19.8 Å². The third-order valence-corrected chi connectivity index (χ3v) is 3.46. The summed E-state index contributed by atoms with van der Waals surface area (Å²) in [5, 5.41) is 13.4. The molecule has 0 heterocycles. The van der Waals surface area contributed by atoms with Crippen LogP contribution in [0.15, 0.2) is 48.5 Å². The number of non-ortho nitro benzene ring substituents is 1. The highest BCUT2D eigenvalue weighted by atomic mass is 16.6. The van der Waals surface area contributed by atoms with Crippen LogP contribution in [-0.2, 0) is 6.42 Å². The lowest BCUT2D eigenvalue weighted by molar-refractivity contribution is -0.384. The van der Waals surface area contributed by atoms with Gasteiger partial charge in [-0.15, -0.1) is 0 Å². The van der Waals surface area contributed by atoms with E-state index in [0.29, 0.717) is 13.2 Å². The minimum absolute atomic E-state index is 0.104. The van der Waals surface area contributed by atoms with Crippen molar-refractivity contribution in [2.24, 2.45) is 0 Å². The molecule has 0 saturated carbocycles. The predicted molar refractivity (Wildman–Crippen MR) is 91.4 cm³/mol. The van der Waals surface area contributed by atoms with Gasteiger partial charge < -0.3 is 10.1 Å². The lowest BCUT2D eigenvalue weighted by atomic mass is 10.1. The van der Waals surface area contributed by atoms with Crippen LogP contribution in [0.1, 0.15) is 29.3 Å². The van der Waals surface area contributed by atoms with E-state index in [-0.39, 0.29) is 17.2 Å². The molecule has 1 N–H and O–H groups in total. The van der Waals surface area contributed by atoms with E-state index in [1.54, 1.807) is 6.07 Å². The van der Waals surface area contributed by atoms with Gasteiger partial charge in [0.2, 0.25) is 0 Å². The Labute approximate surface area is 140 Å². The number of nitro benzene ring substituents is 1. The maximum Gasteiger partial charge on any atom is 0.270 e. The molecule has 0 fully saturated rings. The largest absolute Gasteiger partial charge is 0.491 e. The summed E-state index contributed by atoms with van der Waals surface area (Å²) in [4.78, 5) is 22.2. The highest BCUT2D eigenvalue weighted by Crippen LogP contribution is 2.19. The van der Waals surface area contributed by atoms with Crippen LogP contribution in [0.25, 0.3) is 0 Å². The molecule has 0 radical (unpaired) electrons. The first kappa shape index (κ1) is 17.5. The Hall–Kier alpha value is -2.89. The molecule has 0 atom stereocenters. The number of nitro groups is 1. The number of benzene rings is 2. The monoisotopic (exact) mass is 328 g/mol. The van der Waals surface area contributed by atoms with Crippen LogP contribution >= 0.6 is 0 Å². The molecule has 2 rings (SSSR count). The average Bonchev–Trinajstić information content (AvgIpc) is 2.60. The quantitative estimate of drug-likeness (QED) is 0.458. The Morgan fingerprint density at radius 3 is 2.75 bits per heavy atom. The molecule has 24 heavy (non-hydrogen) atoms. The summed E-state index contributed by atoms with van der Waals surface area (Å²) < 4.78 is 5.71. The van der Waals surface area contributed by atoms with E-state index in [1.807, 2.05) is 24.3 Å². The van der Waals surface area contributed by atoms with E-state index < -0.39 is 4.92 Å². The predicted octanol–water partition coefficient (Wildman–Crippen LogP) is 3.36. The van der Waals surface area contributed by atoms with Gasteiger partial charge in [-0.3, -0.25) is 14.9 Å². The van der Waals surface area contributed by atoms with Crippen LogP contribution in [0.2, 0.25) is 0 Å². The van der Waals surface area contributed by atoms with Gasteiger partial charge in [-0.1, -0.05) is 37.6 Å². The van der Waals surface area contributed by atoms with Crippen LogP contribution in [0.4, 0.5) is 5.69 Å². The fourth-order valence-electron chi connectivity index (χ4n) is 2.31. The molecule has 0 aromatic heterocycles. The number of nitrogens with one attached hydrogen (secondary N) is 1. The van der Waals surface area contributed by atoms with Crippen molar-refractivity contribution >= 4 is 11.6 Å². The lowest BCUT2D eigenvalue weighted by Gasteiger charge is -2.11. The number of amides is 1. The molecular weight excluding hydrogens is 308 g/mol. The van der Waals surface area contributed by atoms with Gasteiger partial charge in [0.05, 0.1) is 11.5 Å². The van der Waals surface area contributed by atoms with Gasteiger partial charge in [-0.05, 0) is 24.1 Å². The highest BCUT2D eigenvalue weighted by Gasteiger charge is 2.11. The first-order valence-corrected chi connectivity index (χ1v) is 7.85. The van der Waals surface area contributed by atoms with E-state index in [4.69, 9.17) is 4.74 Å². The van der Waals surface area contributed by atoms with Crippen molar-refractivity contribution in [1.29, 1.82) is 0 Å². The first-order chi connectivity index (χ1) is 11.6. The van der Waals surface area contributed by atoms with Crippen molar-refractivity contribution in [2.75, 3.05) is 13.2 Å². The lowest BCUT2D eigenvalue weighted by Crippen LogP contribution is -2.28. The van der Waals surface area contributed by atoms with E-state index in [1.165, 1.54) is 18.2 Å². The topological polar surface area (TPSA) is 81.5 Å². The first-order valence-electron chi connectivity index (χ1n) is 7.85.